The molecule has 4 heteroatoms. The normalized spacial score (nSPS) is 10.1. The van der Waals surface area contributed by atoms with Gasteiger partial charge in [0, 0.05) is 0 Å². The Labute approximate surface area is 129 Å². The molecule has 2 aromatic carbocycles. The van der Waals surface area contributed by atoms with E-state index >= 15 is 0 Å². The van der Waals surface area contributed by atoms with Crippen molar-refractivity contribution in [3.63, 3.8) is 0 Å². The van der Waals surface area contributed by atoms with Gasteiger partial charge in [0.25, 0.3) is 0 Å². The second-order valence-electron chi connectivity index (χ2n) is 4.82. The molecule has 0 aromatic heterocycles. The van der Waals surface area contributed by atoms with Crippen LogP contribution in [-0.4, -0.2) is 18.4 Å². The summed E-state index contributed by atoms with van der Waals surface area (Å²) in [4.78, 5) is 23.8. The molecule has 22 heavy (non-hydrogen) atoms. The third kappa shape index (κ3) is 3.95. The summed E-state index contributed by atoms with van der Waals surface area (Å²) in [5.74, 6) is 0.218. The Morgan fingerprint density at radius 1 is 1.05 bits per heavy atom. The van der Waals surface area contributed by atoms with Gasteiger partial charge in [-0.05, 0) is 43.7 Å². The van der Waals surface area contributed by atoms with Crippen LogP contribution in [0.3, 0.4) is 0 Å². The van der Waals surface area contributed by atoms with Crippen molar-refractivity contribution in [2.24, 2.45) is 0 Å². The molecular weight excluding hydrogens is 280 g/mol. The first-order valence-corrected chi connectivity index (χ1v) is 7.17. The van der Waals surface area contributed by atoms with Crippen molar-refractivity contribution >= 4 is 11.8 Å². The molecule has 0 spiro atoms. The van der Waals surface area contributed by atoms with E-state index in [1.807, 2.05) is 6.92 Å². The summed E-state index contributed by atoms with van der Waals surface area (Å²) >= 11 is 0. The number of ether oxygens (including phenoxy) is 2. The van der Waals surface area contributed by atoms with E-state index in [0.29, 0.717) is 23.5 Å². The maximum absolute atomic E-state index is 12.2. The minimum Gasteiger partial charge on any atom is -0.494 e. The summed E-state index contributed by atoms with van der Waals surface area (Å²) in [6, 6.07) is 13.5. The summed E-state index contributed by atoms with van der Waals surface area (Å²) in [5, 5.41) is 0. The molecule has 0 aliphatic carbocycles. The fourth-order valence-corrected chi connectivity index (χ4v) is 1.94. The third-order valence-corrected chi connectivity index (χ3v) is 3.01. The molecule has 0 radical (unpaired) electrons. The quantitative estimate of drug-likeness (QED) is 0.461. The lowest BCUT2D eigenvalue weighted by molar-refractivity contribution is 0.0732. The Balaban J connectivity index is 2.17. The van der Waals surface area contributed by atoms with Gasteiger partial charge in [-0.15, -0.1) is 0 Å². The number of rotatable bonds is 6. The second kappa shape index (κ2) is 7.41. The number of para-hydroxylation sites is 1. The highest BCUT2D eigenvalue weighted by molar-refractivity contribution is 5.99. The van der Waals surface area contributed by atoms with Crippen molar-refractivity contribution in [2.75, 3.05) is 6.61 Å². The standard InChI is InChI=1S/C18H18O4/c1-3-11-21-15-8-6-7-14(12-15)18(20)22-17-10-5-4-9-16(17)13(2)19/h4-10,12H,3,11H2,1-2H3. The highest BCUT2D eigenvalue weighted by Crippen LogP contribution is 2.21. The first-order valence-electron chi connectivity index (χ1n) is 7.17. The van der Waals surface area contributed by atoms with Crippen LogP contribution in [0, 0.1) is 0 Å². The zero-order valence-electron chi connectivity index (χ0n) is 12.7. The molecule has 0 heterocycles. The average molecular weight is 298 g/mol. The fraction of sp³-hybridized carbons (Fsp3) is 0.222. The molecule has 0 N–H and O–H groups in total. The first-order chi connectivity index (χ1) is 10.6. The summed E-state index contributed by atoms with van der Waals surface area (Å²) < 4.78 is 10.8. The predicted molar refractivity (Wildman–Crippen MR) is 83.6 cm³/mol. The van der Waals surface area contributed by atoms with Crippen LogP contribution in [0.2, 0.25) is 0 Å². The van der Waals surface area contributed by atoms with Crippen LogP contribution in [0.1, 0.15) is 41.0 Å². The van der Waals surface area contributed by atoms with Gasteiger partial charge in [0.1, 0.15) is 11.5 Å². The minimum absolute atomic E-state index is 0.150. The summed E-state index contributed by atoms with van der Waals surface area (Å²) in [7, 11) is 0. The number of Topliss-reactive ketones (excluding diaryl/α,β-unsaturated/α-hetero) is 1. The summed E-state index contributed by atoms with van der Waals surface area (Å²) in [5.41, 5.74) is 0.765. The predicted octanol–water partition coefficient (Wildman–Crippen LogP) is 3.90. The zero-order valence-corrected chi connectivity index (χ0v) is 12.7. The van der Waals surface area contributed by atoms with Crippen molar-refractivity contribution in [3.05, 3.63) is 59.7 Å². The van der Waals surface area contributed by atoms with Gasteiger partial charge in [0.05, 0.1) is 17.7 Å². The van der Waals surface area contributed by atoms with Crippen LogP contribution in [-0.2, 0) is 0 Å². The molecule has 2 rings (SSSR count). The van der Waals surface area contributed by atoms with Crippen molar-refractivity contribution in [2.45, 2.75) is 20.3 Å². The van der Waals surface area contributed by atoms with E-state index < -0.39 is 5.97 Å². The van der Waals surface area contributed by atoms with E-state index in [4.69, 9.17) is 9.47 Å². The topological polar surface area (TPSA) is 52.6 Å². The number of benzene rings is 2. The van der Waals surface area contributed by atoms with E-state index in [-0.39, 0.29) is 11.5 Å². The SMILES string of the molecule is CCCOc1cccc(C(=O)Oc2ccccc2C(C)=O)c1. The Hall–Kier alpha value is -2.62. The number of hydrogen-bond acceptors (Lipinski definition) is 4. The molecule has 2 aromatic rings. The number of carbonyl (C=O) groups excluding carboxylic acids is 2. The van der Waals surface area contributed by atoms with E-state index in [2.05, 4.69) is 0 Å². The maximum Gasteiger partial charge on any atom is 0.343 e. The molecule has 0 saturated carbocycles. The van der Waals surface area contributed by atoms with Gasteiger partial charge in [0.15, 0.2) is 5.78 Å². The van der Waals surface area contributed by atoms with Gasteiger partial charge in [0.2, 0.25) is 0 Å². The lowest BCUT2D eigenvalue weighted by Crippen LogP contribution is -2.11. The van der Waals surface area contributed by atoms with Crippen molar-refractivity contribution in [1.82, 2.24) is 0 Å². The van der Waals surface area contributed by atoms with E-state index in [9.17, 15) is 9.59 Å². The van der Waals surface area contributed by atoms with Crippen LogP contribution in [0.15, 0.2) is 48.5 Å². The maximum atomic E-state index is 12.2. The van der Waals surface area contributed by atoms with Crippen LogP contribution in [0.5, 0.6) is 11.5 Å². The van der Waals surface area contributed by atoms with Gasteiger partial charge >= 0.3 is 5.97 Å². The number of carbonyl (C=O) groups is 2. The fourth-order valence-electron chi connectivity index (χ4n) is 1.94. The van der Waals surface area contributed by atoms with Gasteiger partial charge in [-0.1, -0.05) is 25.1 Å². The molecule has 4 nitrogen and oxygen atoms in total. The molecule has 0 aliphatic heterocycles. The molecule has 0 amide bonds. The summed E-state index contributed by atoms with van der Waals surface area (Å²) in [6.45, 7) is 4.04. The largest absolute Gasteiger partial charge is 0.494 e. The van der Waals surface area contributed by atoms with E-state index in [0.717, 1.165) is 6.42 Å². The molecule has 0 bridgehead atoms. The smallest absolute Gasteiger partial charge is 0.343 e. The van der Waals surface area contributed by atoms with Gasteiger partial charge in [-0.3, -0.25) is 4.79 Å². The molecule has 114 valence electrons. The Bertz CT molecular complexity index is 676. The Morgan fingerprint density at radius 2 is 1.82 bits per heavy atom. The first kappa shape index (κ1) is 15.8. The van der Waals surface area contributed by atoms with Crippen molar-refractivity contribution in [3.8, 4) is 11.5 Å². The monoisotopic (exact) mass is 298 g/mol. The molecular formula is C18H18O4. The Kier molecular flexibility index (Phi) is 5.31. The van der Waals surface area contributed by atoms with Gasteiger partial charge in [-0.25, -0.2) is 4.79 Å². The van der Waals surface area contributed by atoms with Gasteiger partial charge in [-0.2, -0.15) is 0 Å². The number of ketones is 1. The third-order valence-electron chi connectivity index (χ3n) is 3.01. The van der Waals surface area contributed by atoms with Crippen LogP contribution in [0.4, 0.5) is 0 Å². The summed E-state index contributed by atoms with van der Waals surface area (Å²) in [6.07, 6.45) is 0.890. The number of esters is 1. The molecule has 0 atom stereocenters. The van der Waals surface area contributed by atoms with Crippen molar-refractivity contribution in [1.29, 1.82) is 0 Å². The lowest BCUT2D eigenvalue weighted by Gasteiger charge is -2.09. The molecule has 0 saturated heterocycles. The van der Waals surface area contributed by atoms with Crippen LogP contribution < -0.4 is 9.47 Å². The average Bonchev–Trinajstić information content (AvgIpc) is 2.53. The van der Waals surface area contributed by atoms with Gasteiger partial charge < -0.3 is 9.47 Å². The van der Waals surface area contributed by atoms with E-state index in [1.165, 1.54) is 6.92 Å². The Morgan fingerprint density at radius 3 is 2.55 bits per heavy atom. The molecule has 0 unspecified atom stereocenters. The lowest BCUT2D eigenvalue weighted by atomic mass is 10.1. The minimum atomic E-state index is -0.518. The van der Waals surface area contributed by atoms with Crippen LogP contribution in [0.25, 0.3) is 0 Å². The molecule has 0 fully saturated rings. The highest BCUT2D eigenvalue weighted by Gasteiger charge is 2.14. The number of hydrogen-bond donors (Lipinski definition) is 0. The van der Waals surface area contributed by atoms with Crippen LogP contribution >= 0.6 is 0 Å². The van der Waals surface area contributed by atoms with E-state index in [1.54, 1.807) is 48.5 Å². The second-order valence-corrected chi connectivity index (χ2v) is 4.82. The highest BCUT2D eigenvalue weighted by atomic mass is 16.5. The van der Waals surface area contributed by atoms with Crippen molar-refractivity contribution < 1.29 is 19.1 Å². The molecule has 0 aliphatic rings. The zero-order chi connectivity index (χ0) is 15.9.